The molecule has 3 aromatic heterocycles. The number of halogens is 2. The van der Waals surface area contributed by atoms with Crippen molar-refractivity contribution in [3.8, 4) is 22.8 Å². The number of rotatable bonds is 3. The van der Waals surface area contributed by atoms with Crippen molar-refractivity contribution in [3.63, 3.8) is 0 Å². The van der Waals surface area contributed by atoms with Gasteiger partial charge >= 0.3 is 0 Å². The van der Waals surface area contributed by atoms with Gasteiger partial charge in [0, 0.05) is 22.6 Å². The summed E-state index contributed by atoms with van der Waals surface area (Å²) in [6.45, 7) is 3.81. The van der Waals surface area contributed by atoms with Crippen molar-refractivity contribution in [2.45, 2.75) is 25.7 Å². The van der Waals surface area contributed by atoms with E-state index in [1.54, 1.807) is 22.8 Å². The van der Waals surface area contributed by atoms with E-state index < -0.39 is 0 Å². The van der Waals surface area contributed by atoms with Gasteiger partial charge in [-0.25, -0.2) is 4.52 Å². The van der Waals surface area contributed by atoms with Crippen LogP contribution in [0.2, 0.25) is 5.02 Å². The fourth-order valence-electron chi connectivity index (χ4n) is 3.85. The quantitative estimate of drug-likeness (QED) is 0.498. The third-order valence-corrected chi connectivity index (χ3v) is 5.62. The van der Waals surface area contributed by atoms with E-state index in [9.17, 15) is 4.79 Å². The summed E-state index contributed by atoms with van der Waals surface area (Å²) in [4.78, 5) is 19.7. The summed E-state index contributed by atoms with van der Waals surface area (Å²) in [6.07, 6.45) is 3.59. The molecule has 1 aliphatic heterocycles. The Morgan fingerprint density at radius 3 is 2.80 bits per heavy atom. The Morgan fingerprint density at radius 2 is 2.00 bits per heavy atom. The Bertz CT molecular complexity index is 1260. The maximum absolute atomic E-state index is 12.3. The van der Waals surface area contributed by atoms with Crippen LogP contribution in [0.4, 0.5) is 0 Å². The predicted molar refractivity (Wildman–Crippen MR) is 116 cm³/mol. The summed E-state index contributed by atoms with van der Waals surface area (Å²) < 4.78 is 7.26. The molecule has 1 aliphatic rings. The molecule has 1 aromatic carbocycles. The second kappa shape index (κ2) is 8.22. The van der Waals surface area contributed by atoms with Gasteiger partial charge in [0.2, 0.25) is 5.82 Å². The van der Waals surface area contributed by atoms with E-state index in [-0.39, 0.29) is 23.9 Å². The van der Waals surface area contributed by atoms with Crippen molar-refractivity contribution in [2.75, 3.05) is 13.1 Å². The fourth-order valence-corrected chi connectivity index (χ4v) is 4.02. The average Bonchev–Trinajstić information content (AvgIpc) is 3.37. The van der Waals surface area contributed by atoms with Crippen LogP contribution in [0.1, 0.15) is 30.0 Å². The van der Waals surface area contributed by atoms with Crippen LogP contribution in [-0.4, -0.2) is 37.8 Å². The van der Waals surface area contributed by atoms with Gasteiger partial charge in [0.25, 0.3) is 11.4 Å². The third-order valence-electron chi connectivity index (χ3n) is 5.39. The Labute approximate surface area is 183 Å². The van der Waals surface area contributed by atoms with Gasteiger partial charge in [-0.15, -0.1) is 12.4 Å². The van der Waals surface area contributed by atoms with Crippen molar-refractivity contribution in [3.05, 3.63) is 57.1 Å². The van der Waals surface area contributed by atoms with Crippen LogP contribution in [0.15, 0.2) is 39.8 Å². The van der Waals surface area contributed by atoms with E-state index in [1.807, 2.05) is 19.1 Å². The zero-order valence-corrected chi connectivity index (χ0v) is 17.8. The Morgan fingerprint density at radius 1 is 1.20 bits per heavy atom. The number of hydrogen-bond donors (Lipinski definition) is 2. The molecule has 1 fully saturated rings. The summed E-state index contributed by atoms with van der Waals surface area (Å²) in [5, 5.41) is 12.6. The van der Waals surface area contributed by atoms with Gasteiger partial charge in [-0.1, -0.05) is 22.8 Å². The zero-order chi connectivity index (χ0) is 20.0. The van der Waals surface area contributed by atoms with Crippen molar-refractivity contribution in [1.29, 1.82) is 0 Å². The Balaban J connectivity index is 0.00000218. The molecule has 10 heteroatoms. The third kappa shape index (κ3) is 3.62. The van der Waals surface area contributed by atoms with Gasteiger partial charge < -0.3 is 14.8 Å². The minimum Gasteiger partial charge on any atom is -0.334 e. The Kier molecular flexibility index (Phi) is 5.64. The number of H-pyrrole nitrogens is 1. The molecule has 8 nitrogen and oxygen atoms in total. The minimum absolute atomic E-state index is 0. The molecule has 0 bridgehead atoms. The smallest absolute Gasteiger partial charge is 0.258 e. The first-order valence-corrected chi connectivity index (χ1v) is 9.90. The van der Waals surface area contributed by atoms with Crippen molar-refractivity contribution < 1.29 is 4.52 Å². The number of aryl methyl sites for hydroxylation is 1. The van der Waals surface area contributed by atoms with E-state index in [1.165, 1.54) is 0 Å². The van der Waals surface area contributed by atoms with E-state index in [2.05, 4.69) is 25.5 Å². The second-order valence-electron chi connectivity index (χ2n) is 7.28. The molecule has 1 saturated heterocycles. The standard InChI is InChI=1S/C20H19ClN6O2.ClH/c1-11-2-3-13(21)8-14(11)20-25-18(26-29-20)15-10-23-27-16(9-17(28)24-19(15)27)12-4-6-22-7-5-12;/h2-3,8-10,12,22H,4-7H2,1H3,(H,24,28);1H. The van der Waals surface area contributed by atoms with E-state index >= 15 is 0 Å². The van der Waals surface area contributed by atoms with Gasteiger partial charge in [-0.3, -0.25) is 4.79 Å². The number of fused-ring (bicyclic) bond motifs is 1. The molecule has 4 heterocycles. The van der Waals surface area contributed by atoms with Crippen molar-refractivity contribution >= 4 is 29.7 Å². The van der Waals surface area contributed by atoms with Gasteiger partial charge in [-0.05, 0) is 50.6 Å². The lowest BCUT2D eigenvalue weighted by atomic mass is 9.94. The molecule has 2 N–H and O–H groups in total. The highest BCUT2D eigenvalue weighted by Gasteiger charge is 2.22. The molecule has 0 aliphatic carbocycles. The summed E-state index contributed by atoms with van der Waals surface area (Å²) in [7, 11) is 0. The van der Waals surface area contributed by atoms with Crippen LogP contribution in [0.5, 0.6) is 0 Å². The lowest BCUT2D eigenvalue weighted by Crippen LogP contribution is -2.28. The Hall–Kier alpha value is -2.68. The molecule has 4 aromatic rings. The number of hydrogen-bond acceptors (Lipinski definition) is 6. The fraction of sp³-hybridized carbons (Fsp3) is 0.300. The SMILES string of the molecule is Cc1ccc(Cl)cc1-c1nc(-c2cnn3c(C4CCNCC4)cc(=O)[nH]c23)no1.Cl. The maximum atomic E-state index is 12.3. The molecule has 0 atom stereocenters. The number of piperidine rings is 1. The van der Waals surface area contributed by atoms with E-state index in [4.69, 9.17) is 16.1 Å². The first kappa shape index (κ1) is 20.6. The molecule has 156 valence electrons. The molecule has 30 heavy (non-hydrogen) atoms. The van der Waals surface area contributed by atoms with Crippen LogP contribution in [0, 0.1) is 6.92 Å². The van der Waals surface area contributed by atoms with Gasteiger partial charge in [0.1, 0.15) is 5.65 Å². The highest BCUT2D eigenvalue weighted by Crippen LogP contribution is 2.30. The number of aromatic amines is 1. The van der Waals surface area contributed by atoms with E-state index in [0.29, 0.717) is 27.9 Å². The molecule has 0 amide bonds. The lowest BCUT2D eigenvalue weighted by molar-refractivity contribution is 0.432. The number of benzene rings is 1. The topological polar surface area (TPSA) is 101 Å². The summed E-state index contributed by atoms with van der Waals surface area (Å²) in [5.74, 6) is 1.02. The molecular weight excluding hydrogens is 427 g/mol. The first-order chi connectivity index (χ1) is 14.1. The number of nitrogens with zero attached hydrogens (tertiary/aromatic N) is 4. The van der Waals surface area contributed by atoms with Crippen LogP contribution < -0.4 is 10.9 Å². The lowest BCUT2D eigenvalue weighted by Gasteiger charge is -2.23. The first-order valence-electron chi connectivity index (χ1n) is 9.52. The summed E-state index contributed by atoms with van der Waals surface area (Å²) >= 11 is 6.11. The molecular formula is C20H20Cl2N6O2. The van der Waals surface area contributed by atoms with Crippen LogP contribution in [0.25, 0.3) is 28.5 Å². The van der Waals surface area contributed by atoms with Crippen molar-refractivity contribution in [1.82, 2.24) is 30.1 Å². The van der Waals surface area contributed by atoms with Crippen molar-refractivity contribution in [2.24, 2.45) is 0 Å². The summed E-state index contributed by atoms with van der Waals surface area (Å²) in [5.41, 5.74) is 3.68. The van der Waals surface area contributed by atoms with Crippen LogP contribution >= 0.6 is 24.0 Å². The summed E-state index contributed by atoms with van der Waals surface area (Å²) in [6, 6.07) is 7.15. The number of aromatic nitrogens is 5. The maximum Gasteiger partial charge on any atom is 0.258 e. The van der Waals surface area contributed by atoms with Gasteiger partial charge in [-0.2, -0.15) is 10.1 Å². The highest BCUT2D eigenvalue weighted by molar-refractivity contribution is 6.30. The molecule has 5 rings (SSSR count). The van der Waals surface area contributed by atoms with E-state index in [0.717, 1.165) is 42.8 Å². The largest absolute Gasteiger partial charge is 0.334 e. The minimum atomic E-state index is -0.165. The van der Waals surface area contributed by atoms with Gasteiger partial charge in [0.05, 0.1) is 17.5 Å². The average molecular weight is 447 g/mol. The van der Waals surface area contributed by atoms with Crippen LogP contribution in [-0.2, 0) is 0 Å². The molecule has 0 radical (unpaired) electrons. The molecule has 0 saturated carbocycles. The van der Waals surface area contributed by atoms with Gasteiger partial charge in [0.15, 0.2) is 0 Å². The number of nitrogens with one attached hydrogen (secondary N) is 2. The highest BCUT2D eigenvalue weighted by atomic mass is 35.5. The molecule has 0 spiro atoms. The monoisotopic (exact) mass is 446 g/mol. The molecule has 0 unspecified atom stereocenters. The van der Waals surface area contributed by atoms with Crippen LogP contribution in [0.3, 0.4) is 0 Å². The zero-order valence-electron chi connectivity index (χ0n) is 16.2. The second-order valence-corrected chi connectivity index (χ2v) is 7.72. The normalized spacial score (nSPS) is 14.7. The predicted octanol–water partition coefficient (Wildman–Crippen LogP) is 3.59.